The van der Waals surface area contributed by atoms with Gasteiger partial charge >= 0.3 is 5.97 Å². The highest BCUT2D eigenvalue weighted by Gasteiger charge is 2.09. The largest absolute Gasteiger partial charge is 0.478 e. The third kappa shape index (κ3) is 2.20. The molecule has 0 aliphatic heterocycles. The van der Waals surface area contributed by atoms with Crippen molar-refractivity contribution in [3.63, 3.8) is 0 Å². The van der Waals surface area contributed by atoms with Crippen LogP contribution in [0.4, 0.5) is 0 Å². The highest BCUT2D eigenvalue weighted by atomic mass is 16.4. The first-order valence-electron chi connectivity index (χ1n) is 4.91. The van der Waals surface area contributed by atoms with Crippen molar-refractivity contribution in [3.05, 3.63) is 59.9 Å². The third-order valence-electron chi connectivity index (χ3n) is 2.24. The molecule has 0 amide bonds. The zero-order valence-electron chi connectivity index (χ0n) is 8.55. The predicted molar refractivity (Wildman–Crippen MR) is 62.7 cm³/mol. The number of benzene rings is 1. The summed E-state index contributed by atoms with van der Waals surface area (Å²) < 4.78 is 0. The Bertz CT molecular complexity index is 498. The van der Waals surface area contributed by atoms with Crippen molar-refractivity contribution in [3.8, 4) is 0 Å². The smallest absolute Gasteiger partial charge is 0.336 e. The maximum Gasteiger partial charge on any atom is 0.336 e. The minimum absolute atomic E-state index is 0.281. The first-order chi connectivity index (χ1) is 7.77. The van der Waals surface area contributed by atoms with Gasteiger partial charge in [-0.1, -0.05) is 30.3 Å². The Labute approximate surface area is 93.1 Å². The van der Waals surface area contributed by atoms with Crippen molar-refractivity contribution >= 4 is 17.6 Å². The molecule has 1 heterocycles. The number of carbonyl (C=O) groups is 1. The standard InChI is InChI=1S/C13H11NO2/c15-13(16)12(9-11-7-4-8-14-11)10-5-2-1-3-6-10/h1-9,14H,(H,15,16). The molecule has 2 aromatic rings. The number of aromatic nitrogens is 1. The van der Waals surface area contributed by atoms with Crippen LogP contribution in [0.2, 0.25) is 0 Å². The fourth-order valence-corrected chi connectivity index (χ4v) is 1.48. The Hall–Kier alpha value is -2.29. The van der Waals surface area contributed by atoms with Crippen LogP contribution in [-0.2, 0) is 4.79 Å². The van der Waals surface area contributed by atoms with E-state index in [0.717, 1.165) is 5.69 Å². The van der Waals surface area contributed by atoms with E-state index < -0.39 is 5.97 Å². The highest BCUT2D eigenvalue weighted by Crippen LogP contribution is 2.17. The summed E-state index contributed by atoms with van der Waals surface area (Å²) in [6.45, 7) is 0. The summed E-state index contributed by atoms with van der Waals surface area (Å²) in [4.78, 5) is 14.1. The van der Waals surface area contributed by atoms with Gasteiger partial charge in [0.2, 0.25) is 0 Å². The molecule has 0 unspecified atom stereocenters. The molecule has 2 N–H and O–H groups in total. The van der Waals surface area contributed by atoms with Crippen LogP contribution in [-0.4, -0.2) is 16.1 Å². The average molecular weight is 213 g/mol. The number of carboxylic acids is 1. The minimum atomic E-state index is -0.930. The van der Waals surface area contributed by atoms with E-state index >= 15 is 0 Å². The molecule has 0 aliphatic carbocycles. The maximum atomic E-state index is 11.1. The lowest BCUT2D eigenvalue weighted by Gasteiger charge is -2.01. The Morgan fingerprint density at radius 3 is 2.44 bits per heavy atom. The van der Waals surface area contributed by atoms with E-state index in [-0.39, 0.29) is 5.57 Å². The number of aromatic amines is 1. The van der Waals surface area contributed by atoms with E-state index in [0.29, 0.717) is 5.56 Å². The molecule has 2 rings (SSSR count). The van der Waals surface area contributed by atoms with Gasteiger partial charge in [-0.15, -0.1) is 0 Å². The molecular formula is C13H11NO2. The number of hydrogen-bond donors (Lipinski definition) is 2. The third-order valence-corrected chi connectivity index (χ3v) is 2.24. The van der Waals surface area contributed by atoms with Gasteiger partial charge in [0.1, 0.15) is 0 Å². The second-order valence-corrected chi connectivity index (χ2v) is 3.35. The van der Waals surface area contributed by atoms with Crippen LogP contribution in [0.15, 0.2) is 48.7 Å². The Balaban J connectivity index is 2.43. The highest BCUT2D eigenvalue weighted by molar-refractivity contribution is 6.20. The van der Waals surface area contributed by atoms with Gasteiger partial charge in [0, 0.05) is 11.9 Å². The van der Waals surface area contributed by atoms with E-state index in [2.05, 4.69) is 4.98 Å². The predicted octanol–water partition coefficient (Wildman–Crippen LogP) is 2.64. The van der Waals surface area contributed by atoms with Gasteiger partial charge in [-0.05, 0) is 23.8 Å². The summed E-state index contributed by atoms with van der Waals surface area (Å²) in [5, 5.41) is 9.14. The molecule has 80 valence electrons. The van der Waals surface area contributed by atoms with Crippen molar-refractivity contribution in [2.24, 2.45) is 0 Å². The summed E-state index contributed by atoms with van der Waals surface area (Å²) in [5.41, 5.74) is 1.76. The molecule has 0 saturated heterocycles. The summed E-state index contributed by atoms with van der Waals surface area (Å²) in [5.74, 6) is -0.930. The van der Waals surface area contributed by atoms with Gasteiger partial charge in [0.05, 0.1) is 5.57 Å². The average Bonchev–Trinajstić information content (AvgIpc) is 2.79. The second-order valence-electron chi connectivity index (χ2n) is 3.35. The number of carboxylic acid groups (broad SMARTS) is 1. The number of aliphatic carboxylic acids is 1. The van der Waals surface area contributed by atoms with E-state index in [1.807, 2.05) is 30.3 Å². The van der Waals surface area contributed by atoms with E-state index in [4.69, 9.17) is 5.11 Å². The van der Waals surface area contributed by atoms with Gasteiger partial charge in [-0.25, -0.2) is 4.79 Å². The van der Waals surface area contributed by atoms with Crippen LogP contribution in [0.1, 0.15) is 11.3 Å². The zero-order chi connectivity index (χ0) is 11.4. The molecule has 0 aliphatic rings. The van der Waals surface area contributed by atoms with Crippen LogP contribution < -0.4 is 0 Å². The number of nitrogens with one attached hydrogen (secondary N) is 1. The summed E-state index contributed by atoms with van der Waals surface area (Å²) in [6, 6.07) is 12.7. The zero-order valence-corrected chi connectivity index (χ0v) is 8.55. The van der Waals surface area contributed by atoms with E-state index in [9.17, 15) is 4.79 Å². The Morgan fingerprint density at radius 1 is 1.12 bits per heavy atom. The summed E-state index contributed by atoms with van der Waals surface area (Å²) in [7, 11) is 0. The topological polar surface area (TPSA) is 53.1 Å². The molecule has 1 aromatic carbocycles. The van der Waals surface area contributed by atoms with Crippen LogP contribution in [0.3, 0.4) is 0 Å². The van der Waals surface area contributed by atoms with Crippen molar-refractivity contribution in [1.29, 1.82) is 0 Å². The molecule has 0 bridgehead atoms. The molecule has 0 fully saturated rings. The minimum Gasteiger partial charge on any atom is -0.478 e. The van der Waals surface area contributed by atoms with Crippen LogP contribution >= 0.6 is 0 Å². The molecule has 0 radical (unpaired) electrons. The number of H-pyrrole nitrogens is 1. The summed E-state index contributed by atoms with van der Waals surface area (Å²) >= 11 is 0. The Kier molecular flexibility index (Phi) is 2.87. The van der Waals surface area contributed by atoms with Gasteiger partial charge in [-0.3, -0.25) is 0 Å². The Morgan fingerprint density at radius 2 is 1.88 bits per heavy atom. The second kappa shape index (κ2) is 4.49. The monoisotopic (exact) mass is 213 g/mol. The molecular weight excluding hydrogens is 202 g/mol. The maximum absolute atomic E-state index is 11.1. The van der Waals surface area contributed by atoms with Gasteiger partial charge in [0.15, 0.2) is 0 Å². The van der Waals surface area contributed by atoms with E-state index in [1.54, 1.807) is 24.4 Å². The first-order valence-corrected chi connectivity index (χ1v) is 4.91. The van der Waals surface area contributed by atoms with Gasteiger partial charge in [-0.2, -0.15) is 0 Å². The number of hydrogen-bond acceptors (Lipinski definition) is 1. The van der Waals surface area contributed by atoms with E-state index in [1.165, 1.54) is 0 Å². The van der Waals surface area contributed by atoms with Crippen molar-refractivity contribution < 1.29 is 9.90 Å². The lowest BCUT2D eigenvalue weighted by Crippen LogP contribution is -1.99. The molecule has 1 aromatic heterocycles. The molecule has 16 heavy (non-hydrogen) atoms. The van der Waals surface area contributed by atoms with Crippen molar-refractivity contribution in [1.82, 2.24) is 4.98 Å². The summed E-state index contributed by atoms with van der Waals surface area (Å²) in [6.07, 6.45) is 3.38. The molecule has 3 nitrogen and oxygen atoms in total. The van der Waals surface area contributed by atoms with Crippen molar-refractivity contribution in [2.75, 3.05) is 0 Å². The SMILES string of the molecule is O=C(O)C(=Cc1ccc[nH]1)c1ccccc1. The molecule has 0 saturated carbocycles. The van der Waals surface area contributed by atoms with Crippen molar-refractivity contribution in [2.45, 2.75) is 0 Å². The van der Waals surface area contributed by atoms with Gasteiger partial charge < -0.3 is 10.1 Å². The molecule has 0 spiro atoms. The number of rotatable bonds is 3. The fraction of sp³-hybridized carbons (Fsp3) is 0. The quantitative estimate of drug-likeness (QED) is 0.770. The fourth-order valence-electron chi connectivity index (χ4n) is 1.48. The normalized spacial score (nSPS) is 11.4. The lowest BCUT2D eigenvalue weighted by atomic mass is 10.1. The lowest BCUT2D eigenvalue weighted by molar-refractivity contribution is -0.130. The molecule has 3 heteroatoms. The van der Waals surface area contributed by atoms with Crippen LogP contribution in [0.5, 0.6) is 0 Å². The first kappa shape index (κ1) is 10.2. The molecule has 0 atom stereocenters. The van der Waals surface area contributed by atoms with Crippen LogP contribution in [0.25, 0.3) is 11.6 Å². The van der Waals surface area contributed by atoms with Crippen LogP contribution in [0, 0.1) is 0 Å². The van der Waals surface area contributed by atoms with Gasteiger partial charge in [0.25, 0.3) is 0 Å².